The van der Waals surface area contributed by atoms with Crippen molar-refractivity contribution in [1.29, 1.82) is 0 Å². The Kier molecular flexibility index (Phi) is 2.18. The smallest absolute Gasteiger partial charge is 0.139 e. The summed E-state index contributed by atoms with van der Waals surface area (Å²) in [4.78, 5) is 7.83. The number of hydrogen-bond acceptors (Lipinski definition) is 2. The molecule has 0 fully saturated rings. The van der Waals surface area contributed by atoms with Gasteiger partial charge in [-0.25, -0.2) is 4.98 Å². The molecule has 3 heteroatoms. The molecule has 0 spiro atoms. The van der Waals surface area contributed by atoms with Crippen molar-refractivity contribution in [1.82, 2.24) is 9.97 Å². The minimum Gasteiger partial charge on any atom is -0.384 e. The summed E-state index contributed by atoms with van der Waals surface area (Å²) in [6, 6.07) is 0. The Balaban J connectivity index is 2.32. The first-order chi connectivity index (χ1) is 8.07. The largest absolute Gasteiger partial charge is 0.384 e. The first kappa shape index (κ1) is 10.6. The van der Waals surface area contributed by atoms with Crippen molar-refractivity contribution in [2.24, 2.45) is 0 Å². The van der Waals surface area contributed by atoms with Gasteiger partial charge in [0, 0.05) is 24.3 Å². The lowest BCUT2D eigenvalue weighted by atomic mass is 9.86. The molecule has 2 aromatic rings. The summed E-state index contributed by atoms with van der Waals surface area (Å²) in [5, 5.41) is 4.83. The van der Waals surface area contributed by atoms with Crippen LogP contribution in [-0.4, -0.2) is 16.5 Å². The molecule has 0 atom stereocenters. The number of pyridine rings is 1. The molecule has 0 amide bonds. The zero-order valence-corrected chi connectivity index (χ0v) is 10.7. The molecule has 0 aromatic carbocycles. The number of nitrogens with zero attached hydrogens (tertiary/aromatic N) is 1. The fourth-order valence-electron chi connectivity index (χ4n) is 2.61. The zero-order valence-electron chi connectivity index (χ0n) is 10.7. The second-order valence-corrected chi connectivity index (χ2v) is 5.86. The number of aromatic amines is 1. The third kappa shape index (κ3) is 1.61. The van der Waals surface area contributed by atoms with Crippen molar-refractivity contribution in [3.63, 3.8) is 0 Å². The molecule has 2 aromatic heterocycles. The Hall–Kier alpha value is -1.51. The van der Waals surface area contributed by atoms with Crippen LogP contribution in [-0.2, 0) is 11.8 Å². The third-order valence-corrected chi connectivity index (χ3v) is 3.51. The summed E-state index contributed by atoms with van der Waals surface area (Å²) in [7, 11) is 0. The quantitative estimate of drug-likeness (QED) is 0.728. The van der Waals surface area contributed by atoms with Crippen molar-refractivity contribution in [2.75, 3.05) is 11.9 Å². The van der Waals surface area contributed by atoms with Gasteiger partial charge in [0.05, 0.1) is 5.69 Å². The van der Waals surface area contributed by atoms with E-state index in [0.29, 0.717) is 0 Å². The van der Waals surface area contributed by atoms with E-state index >= 15 is 0 Å². The zero-order chi connectivity index (χ0) is 12.0. The van der Waals surface area contributed by atoms with Crippen LogP contribution in [0.2, 0.25) is 0 Å². The fraction of sp³-hybridized carbons (Fsp3) is 0.500. The summed E-state index contributed by atoms with van der Waals surface area (Å²) in [5.74, 6) is 0. The van der Waals surface area contributed by atoms with E-state index in [9.17, 15) is 0 Å². The van der Waals surface area contributed by atoms with Crippen LogP contribution in [0, 0.1) is 0 Å². The summed E-state index contributed by atoms with van der Waals surface area (Å²) in [6.45, 7) is 7.81. The second-order valence-electron chi connectivity index (χ2n) is 5.86. The molecule has 3 heterocycles. The number of aryl methyl sites for hydroxylation is 1. The van der Waals surface area contributed by atoms with E-state index in [1.54, 1.807) is 0 Å². The van der Waals surface area contributed by atoms with Gasteiger partial charge in [0.1, 0.15) is 5.65 Å². The van der Waals surface area contributed by atoms with Crippen molar-refractivity contribution in [2.45, 2.75) is 39.0 Å². The van der Waals surface area contributed by atoms with E-state index in [2.05, 4.69) is 42.3 Å². The second kappa shape index (κ2) is 3.49. The molecule has 17 heavy (non-hydrogen) atoms. The van der Waals surface area contributed by atoms with E-state index in [1.807, 2.05) is 6.20 Å². The number of fused-ring (bicyclic) bond motifs is 3. The van der Waals surface area contributed by atoms with E-state index in [0.717, 1.165) is 18.6 Å². The third-order valence-electron chi connectivity index (χ3n) is 3.51. The molecule has 0 bridgehead atoms. The Morgan fingerprint density at radius 1 is 1.29 bits per heavy atom. The maximum Gasteiger partial charge on any atom is 0.139 e. The van der Waals surface area contributed by atoms with Gasteiger partial charge in [-0.2, -0.15) is 0 Å². The molecular formula is C14H19N3. The first-order valence-corrected chi connectivity index (χ1v) is 6.30. The van der Waals surface area contributed by atoms with Crippen LogP contribution < -0.4 is 5.32 Å². The van der Waals surface area contributed by atoms with E-state index < -0.39 is 0 Å². The molecule has 3 nitrogen and oxygen atoms in total. The molecule has 90 valence electrons. The average Bonchev–Trinajstić information content (AvgIpc) is 2.72. The van der Waals surface area contributed by atoms with Gasteiger partial charge in [-0.05, 0) is 29.4 Å². The van der Waals surface area contributed by atoms with Gasteiger partial charge < -0.3 is 10.3 Å². The SMILES string of the molecule is CC(C)(C)c1c[nH]c2ncc3c(c12)NCCC3. The van der Waals surface area contributed by atoms with E-state index in [1.165, 1.54) is 28.6 Å². The minimum atomic E-state index is 0.147. The number of hydrogen-bond donors (Lipinski definition) is 2. The Labute approximate surface area is 102 Å². The average molecular weight is 229 g/mol. The molecule has 0 saturated heterocycles. The fourth-order valence-corrected chi connectivity index (χ4v) is 2.61. The van der Waals surface area contributed by atoms with Crippen LogP contribution in [0.5, 0.6) is 0 Å². The predicted octanol–water partition coefficient (Wildman–Crippen LogP) is 3.22. The lowest BCUT2D eigenvalue weighted by Gasteiger charge is -2.22. The molecule has 1 aliphatic rings. The molecule has 0 saturated carbocycles. The Morgan fingerprint density at radius 2 is 2.12 bits per heavy atom. The van der Waals surface area contributed by atoms with Gasteiger partial charge in [0.2, 0.25) is 0 Å². The summed E-state index contributed by atoms with van der Waals surface area (Å²) in [6.07, 6.45) is 6.45. The highest BCUT2D eigenvalue weighted by Gasteiger charge is 2.23. The minimum absolute atomic E-state index is 0.147. The number of anilines is 1. The molecular weight excluding hydrogens is 210 g/mol. The Morgan fingerprint density at radius 3 is 2.88 bits per heavy atom. The van der Waals surface area contributed by atoms with Crippen LogP contribution in [0.3, 0.4) is 0 Å². The summed E-state index contributed by atoms with van der Waals surface area (Å²) in [5.41, 5.74) is 5.16. The number of nitrogens with one attached hydrogen (secondary N) is 2. The predicted molar refractivity (Wildman–Crippen MR) is 71.6 cm³/mol. The topological polar surface area (TPSA) is 40.7 Å². The van der Waals surface area contributed by atoms with Crippen molar-refractivity contribution < 1.29 is 0 Å². The van der Waals surface area contributed by atoms with Gasteiger partial charge in [-0.1, -0.05) is 20.8 Å². The van der Waals surface area contributed by atoms with Crippen LogP contribution in [0.15, 0.2) is 12.4 Å². The van der Waals surface area contributed by atoms with Gasteiger partial charge in [0.25, 0.3) is 0 Å². The monoisotopic (exact) mass is 229 g/mol. The first-order valence-electron chi connectivity index (χ1n) is 6.30. The maximum absolute atomic E-state index is 4.53. The normalized spacial score (nSPS) is 15.7. The van der Waals surface area contributed by atoms with Crippen molar-refractivity contribution >= 4 is 16.7 Å². The van der Waals surface area contributed by atoms with Gasteiger partial charge in [-0.3, -0.25) is 0 Å². The lowest BCUT2D eigenvalue weighted by molar-refractivity contribution is 0.595. The highest BCUT2D eigenvalue weighted by Crippen LogP contribution is 2.37. The molecule has 0 aliphatic carbocycles. The van der Waals surface area contributed by atoms with Gasteiger partial charge in [-0.15, -0.1) is 0 Å². The van der Waals surface area contributed by atoms with Crippen LogP contribution in [0.1, 0.15) is 38.3 Å². The van der Waals surface area contributed by atoms with Crippen LogP contribution in [0.25, 0.3) is 11.0 Å². The molecule has 1 aliphatic heterocycles. The standard InChI is InChI=1S/C14H19N3/c1-14(2,3)10-8-17-13-11(10)12-9(7-16-13)5-4-6-15-12/h7-8,15H,4-6H2,1-3H3,(H,16,17). The number of H-pyrrole nitrogens is 1. The molecule has 2 N–H and O–H groups in total. The van der Waals surface area contributed by atoms with Gasteiger partial charge in [0.15, 0.2) is 0 Å². The van der Waals surface area contributed by atoms with E-state index in [-0.39, 0.29) is 5.41 Å². The highest BCUT2D eigenvalue weighted by molar-refractivity contribution is 5.95. The molecule has 3 rings (SSSR count). The van der Waals surface area contributed by atoms with Crippen LogP contribution in [0.4, 0.5) is 5.69 Å². The molecule has 0 radical (unpaired) electrons. The maximum atomic E-state index is 4.53. The highest BCUT2D eigenvalue weighted by atomic mass is 14.9. The van der Waals surface area contributed by atoms with Gasteiger partial charge >= 0.3 is 0 Å². The Bertz CT molecular complexity index is 561. The van der Waals surface area contributed by atoms with E-state index in [4.69, 9.17) is 0 Å². The summed E-state index contributed by atoms with van der Waals surface area (Å²) < 4.78 is 0. The molecule has 0 unspecified atom stereocenters. The number of aromatic nitrogens is 2. The van der Waals surface area contributed by atoms with Crippen LogP contribution >= 0.6 is 0 Å². The number of rotatable bonds is 0. The lowest BCUT2D eigenvalue weighted by Crippen LogP contribution is -2.15. The van der Waals surface area contributed by atoms with Crippen molar-refractivity contribution in [3.8, 4) is 0 Å². The van der Waals surface area contributed by atoms with Crippen molar-refractivity contribution in [3.05, 3.63) is 23.5 Å². The summed E-state index contributed by atoms with van der Waals surface area (Å²) >= 11 is 0.